The minimum atomic E-state index is -1.03. The lowest BCUT2D eigenvalue weighted by molar-refractivity contribution is -0.134. The Kier molecular flexibility index (Phi) is 6.25. The molecule has 2 aliphatic rings. The Morgan fingerprint density at radius 2 is 1.86 bits per heavy atom. The number of hydrogen-bond acceptors (Lipinski definition) is 5. The van der Waals surface area contributed by atoms with Gasteiger partial charge in [-0.3, -0.25) is 9.59 Å². The molecule has 1 aliphatic heterocycles. The lowest BCUT2D eigenvalue weighted by atomic mass is 9.86. The molecule has 1 saturated carbocycles. The van der Waals surface area contributed by atoms with Gasteiger partial charge in [0.2, 0.25) is 5.91 Å². The molecule has 35 heavy (non-hydrogen) atoms. The SMILES string of the molecule is COc1ccc(CN2C(=O)c3cc4sccc4n3CC2(C)C(=O)NC2CCC(C)CC2)cc1OC. The van der Waals surface area contributed by atoms with Crippen LogP contribution in [0.1, 0.15) is 55.6 Å². The quantitative estimate of drug-likeness (QED) is 0.532. The van der Waals surface area contributed by atoms with E-state index in [1.54, 1.807) is 30.5 Å². The molecule has 1 atom stereocenters. The third kappa shape index (κ3) is 4.18. The lowest BCUT2D eigenvalue weighted by Crippen LogP contribution is -2.64. The highest BCUT2D eigenvalue weighted by molar-refractivity contribution is 7.17. The van der Waals surface area contributed by atoms with Crippen molar-refractivity contribution in [3.8, 4) is 11.5 Å². The van der Waals surface area contributed by atoms with Crippen LogP contribution in [0.25, 0.3) is 10.2 Å². The van der Waals surface area contributed by atoms with E-state index in [0.29, 0.717) is 36.2 Å². The summed E-state index contributed by atoms with van der Waals surface area (Å²) in [4.78, 5) is 29.5. The highest BCUT2D eigenvalue weighted by Crippen LogP contribution is 2.37. The van der Waals surface area contributed by atoms with Gasteiger partial charge >= 0.3 is 0 Å². The molecule has 1 aromatic carbocycles. The Morgan fingerprint density at radius 1 is 1.11 bits per heavy atom. The molecule has 1 aliphatic carbocycles. The number of carbonyl (C=O) groups excluding carboxylic acids is 2. The minimum Gasteiger partial charge on any atom is -0.493 e. The fourth-order valence-corrected chi connectivity index (χ4v) is 6.25. The summed E-state index contributed by atoms with van der Waals surface area (Å²) in [6.45, 7) is 4.87. The van der Waals surface area contributed by atoms with E-state index in [9.17, 15) is 9.59 Å². The van der Waals surface area contributed by atoms with Gasteiger partial charge in [-0.2, -0.15) is 0 Å². The number of fused-ring (bicyclic) bond motifs is 3. The maximum absolute atomic E-state index is 13.9. The van der Waals surface area contributed by atoms with Crippen LogP contribution in [0.4, 0.5) is 0 Å². The molecular weight excluding hydrogens is 462 g/mol. The van der Waals surface area contributed by atoms with Crippen molar-refractivity contribution < 1.29 is 19.1 Å². The van der Waals surface area contributed by atoms with Gasteiger partial charge in [0.05, 0.1) is 31.0 Å². The zero-order chi connectivity index (χ0) is 24.7. The topological polar surface area (TPSA) is 72.8 Å². The fourth-order valence-electron chi connectivity index (χ4n) is 5.43. The average Bonchev–Trinajstić information content (AvgIpc) is 3.45. The second kappa shape index (κ2) is 9.22. The summed E-state index contributed by atoms with van der Waals surface area (Å²) in [5, 5.41) is 5.33. The Hall–Kier alpha value is -3.00. The number of hydrogen-bond donors (Lipinski definition) is 1. The normalized spacial score (nSPS) is 24.3. The Balaban J connectivity index is 1.50. The number of nitrogens with zero attached hydrogens (tertiary/aromatic N) is 2. The molecule has 7 nitrogen and oxygen atoms in total. The largest absolute Gasteiger partial charge is 0.493 e. The number of carbonyl (C=O) groups is 2. The van der Waals surface area contributed by atoms with Gasteiger partial charge in [0.25, 0.3) is 5.91 Å². The first-order valence-corrected chi connectivity index (χ1v) is 13.1. The number of thiophene rings is 1. The van der Waals surface area contributed by atoms with E-state index in [2.05, 4.69) is 12.2 Å². The minimum absolute atomic E-state index is 0.0893. The lowest BCUT2D eigenvalue weighted by Gasteiger charge is -2.45. The smallest absolute Gasteiger partial charge is 0.271 e. The number of benzene rings is 1. The Morgan fingerprint density at radius 3 is 2.57 bits per heavy atom. The van der Waals surface area contributed by atoms with Gasteiger partial charge in [-0.05, 0) is 73.7 Å². The molecule has 8 heteroatoms. The summed E-state index contributed by atoms with van der Waals surface area (Å²) in [5.41, 5.74) is 1.48. The van der Waals surface area contributed by atoms with Crippen molar-refractivity contribution in [3.05, 3.63) is 47.0 Å². The van der Waals surface area contributed by atoms with Crippen LogP contribution in [0.15, 0.2) is 35.7 Å². The highest BCUT2D eigenvalue weighted by Gasteiger charge is 2.48. The molecule has 1 unspecified atom stereocenters. The van der Waals surface area contributed by atoms with Gasteiger partial charge < -0.3 is 24.3 Å². The first-order chi connectivity index (χ1) is 16.8. The van der Waals surface area contributed by atoms with Gasteiger partial charge in [0.15, 0.2) is 11.5 Å². The van der Waals surface area contributed by atoms with Gasteiger partial charge in [-0.25, -0.2) is 0 Å². The van der Waals surface area contributed by atoms with Crippen LogP contribution < -0.4 is 14.8 Å². The molecule has 5 rings (SSSR count). The van der Waals surface area contributed by atoms with Crippen LogP contribution in [-0.2, 0) is 17.9 Å². The molecule has 0 bridgehead atoms. The van der Waals surface area contributed by atoms with E-state index in [4.69, 9.17) is 9.47 Å². The van der Waals surface area contributed by atoms with E-state index in [-0.39, 0.29) is 17.9 Å². The summed E-state index contributed by atoms with van der Waals surface area (Å²) >= 11 is 1.61. The summed E-state index contributed by atoms with van der Waals surface area (Å²) in [6, 6.07) is 9.76. The summed E-state index contributed by atoms with van der Waals surface area (Å²) in [5.74, 6) is 1.70. The number of rotatable bonds is 6. The van der Waals surface area contributed by atoms with E-state index in [1.807, 2.05) is 47.2 Å². The first kappa shape index (κ1) is 23.7. The predicted molar refractivity (Wildman–Crippen MR) is 137 cm³/mol. The molecule has 3 heterocycles. The van der Waals surface area contributed by atoms with Crippen molar-refractivity contribution in [3.63, 3.8) is 0 Å². The predicted octanol–water partition coefficient (Wildman–Crippen LogP) is 4.83. The number of ether oxygens (including phenoxy) is 2. The fraction of sp³-hybridized carbons (Fsp3) is 0.481. The molecule has 0 saturated heterocycles. The average molecular weight is 496 g/mol. The van der Waals surface area contributed by atoms with E-state index in [1.165, 1.54) is 0 Å². The highest BCUT2D eigenvalue weighted by atomic mass is 32.1. The Bertz CT molecular complexity index is 1260. The first-order valence-electron chi connectivity index (χ1n) is 12.2. The monoisotopic (exact) mass is 495 g/mol. The van der Waals surface area contributed by atoms with Crippen molar-refractivity contribution >= 4 is 33.4 Å². The molecule has 2 amide bonds. The molecular formula is C27H33N3O4S. The Labute approximate surface area is 210 Å². The molecule has 0 spiro atoms. The van der Waals surface area contributed by atoms with Crippen molar-refractivity contribution in [2.24, 2.45) is 5.92 Å². The van der Waals surface area contributed by atoms with Crippen molar-refractivity contribution in [1.82, 2.24) is 14.8 Å². The van der Waals surface area contributed by atoms with Crippen LogP contribution in [0, 0.1) is 5.92 Å². The molecule has 3 aromatic rings. The third-order valence-electron chi connectivity index (χ3n) is 7.68. The van der Waals surface area contributed by atoms with Crippen LogP contribution >= 0.6 is 11.3 Å². The number of methoxy groups -OCH3 is 2. The van der Waals surface area contributed by atoms with Gasteiger partial charge in [0.1, 0.15) is 11.2 Å². The van der Waals surface area contributed by atoms with Crippen molar-refractivity contribution in [2.75, 3.05) is 14.2 Å². The number of amides is 2. The standard InChI is InChI=1S/C27H33N3O4S/c1-17-5-8-19(9-6-17)28-26(32)27(2)16-29-20-11-12-35-24(20)14-21(29)25(31)30(27)15-18-7-10-22(33-3)23(13-18)34-4/h7,10-14,17,19H,5-6,8-9,15-16H2,1-4H3,(H,28,32). The van der Waals surface area contributed by atoms with Crippen molar-refractivity contribution in [2.45, 2.75) is 64.2 Å². The summed E-state index contributed by atoms with van der Waals surface area (Å²) in [7, 11) is 3.19. The van der Waals surface area contributed by atoms with Crippen molar-refractivity contribution in [1.29, 1.82) is 0 Å². The maximum Gasteiger partial charge on any atom is 0.271 e. The molecule has 1 N–H and O–H groups in total. The maximum atomic E-state index is 13.9. The van der Waals surface area contributed by atoms with Gasteiger partial charge in [-0.1, -0.05) is 13.0 Å². The number of nitrogens with one attached hydrogen (secondary N) is 1. The van der Waals surface area contributed by atoms with Crippen LogP contribution in [0.2, 0.25) is 0 Å². The third-order valence-corrected chi connectivity index (χ3v) is 8.53. The van der Waals surface area contributed by atoms with Gasteiger partial charge in [0, 0.05) is 12.6 Å². The summed E-state index contributed by atoms with van der Waals surface area (Å²) < 4.78 is 13.9. The van der Waals surface area contributed by atoms with Gasteiger partial charge in [-0.15, -0.1) is 11.3 Å². The summed E-state index contributed by atoms with van der Waals surface area (Å²) in [6.07, 6.45) is 4.20. The van der Waals surface area contributed by atoms with E-state index < -0.39 is 5.54 Å². The second-order valence-corrected chi connectivity index (χ2v) is 11.0. The van der Waals surface area contributed by atoms with E-state index >= 15 is 0 Å². The molecule has 2 aromatic heterocycles. The van der Waals surface area contributed by atoms with Crippen LogP contribution in [0.5, 0.6) is 11.5 Å². The molecule has 1 fully saturated rings. The van der Waals surface area contributed by atoms with Crippen LogP contribution in [-0.4, -0.2) is 47.1 Å². The zero-order valence-electron chi connectivity index (χ0n) is 20.8. The van der Waals surface area contributed by atoms with E-state index in [0.717, 1.165) is 41.5 Å². The van der Waals surface area contributed by atoms with Crippen LogP contribution in [0.3, 0.4) is 0 Å². The second-order valence-electron chi connectivity index (χ2n) is 10.1. The number of aromatic nitrogens is 1. The molecule has 186 valence electrons. The zero-order valence-corrected chi connectivity index (χ0v) is 21.6. The molecule has 0 radical (unpaired) electrons.